The fourth-order valence-corrected chi connectivity index (χ4v) is 6.66. The van der Waals surface area contributed by atoms with Crippen molar-refractivity contribution in [2.24, 2.45) is 0 Å². The molecule has 1 unspecified atom stereocenters. The highest BCUT2D eigenvalue weighted by molar-refractivity contribution is 7.47. The van der Waals surface area contributed by atoms with Crippen LogP contribution in [0, 0.1) is 0 Å². The van der Waals surface area contributed by atoms with Crippen molar-refractivity contribution in [3.63, 3.8) is 0 Å². The summed E-state index contributed by atoms with van der Waals surface area (Å²) in [5.74, 6) is -1.08. The molecule has 0 aromatic rings. The second kappa shape index (κ2) is 39.9. The van der Waals surface area contributed by atoms with Gasteiger partial charge in [-0.25, -0.2) is 9.13 Å². The number of rotatable bonds is 41. The van der Waals surface area contributed by atoms with Gasteiger partial charge in [-0.3, -0.25) is 23.2 Å². The number of aliphatic hydroxyl groups excluding tert-OH is 1. The molecule has 15 heteroatoms. The van der Waals surface area contributed by atoms with E-state index < -0.39 is 66.2 Å². The number of hydrogen-bond acceptors (Lipinski definition) is 10. The molecule has 4 N–H and O–H groups in total. The summed E-state index contributed by atoms with van der Waals surface area (Å²) >= 11 is 0. The summed E-state index contributed by atoms with van der Waals surface area (Å²) in [5.41, 5.74) is 0. The zero-order valence-corrected chi connectivity index (χ0v) is 37.9. The molecule has 0 fully saturated rings. The van der Waals surface area contributed by atoms with E-state index in [2.05, 4.69) is 83.7 Å². The van der Waals surface area contributed by atoms with Gasteiger partial charge in [-0.15, -0.1) is 0 Å². The van der Waals surface area contributed by atoms with Crippen molar-refractivity contribution in [2.45, 2.75) is 180 Å². The molecule has 59 heavy (non-hydrogen) atoms. The number of ether oxygens (including phenoxy) is 2. The molecule has 0 aromatic heterocycles. The van der Waals surface area contributed by atoms with Gasteiger partial charge in [0.2, 0.25) is 0 Å². The van der Waals surface area contributed by atoms with Crippen LogP contribution in [0.2, 0.25) is 0 Å². The minimum Gasteiger partial charge on any atom is -0.462 e. The van der Waals surface area contributed by atoms with Crippen LogP contribution in [-0.2, 0) is 41.8 Å². The van der Waals surface area contributed by atoms with E-state index in [4.69, 9.17) is 23.8 Å². The fourth-order valence-electron chi connectivity index (χ4n) is 5.50. The molecule has 342 valence electrons. The molecular weight excluding hydrogens is 798 g/mol. The molecule has 0 aliphatic heterocycles. The van der Waals surface area contributed by atoms with Crippen LogP contribution < -0.4 is 0 Å². The number of aliphatic hydroxyl groups is 1. The molecule has 0 aromatic carbocycles. The highest BCUT2D eigenvalue weighted by Crippen LogP contribution is 2.43. The topological polar surface area (TPSA) is 195 Å². The number of phosphoric ester groups is 2. The summed E-state index contributed by atoms with van der Waals surface area (Å²) in [6.45, 7) is 1.67. The van der Waals surface area contributed by atoms with Gasteiger partial charge >= 0.3 is 27.6 Å². The van der Waals surface area contributed by atoms with Crippen LogP contribution in [0.3, 0.4) is 0 Å². The molecule has 0 aliphatic rings. The first-order valence-electron chi connectivity index (χ1n) is 22.0. The second-order valence-electron chi connectivity index (χ2n) is 14.6. The van der Waals surface area contributed by atoms with Gasteiger partial charge in [-0.1, -0.05) is 132 Å². The summed E-state index contributed by atoms with van der Waals surface area (Å²) in [4.78, 5) is 52.7. The van der Waals surface area contributed by atoms with Gasteiger partial charge in [0.25, 0.3) is 0 Å². The number of carbonyl (C=O) groups excluding carboxylic acids is 2. The van der Waals surface area contributed by atoms with Crippen molar-refractivity contribution in [3.05, 3.63) is 60.8 Å². The van der Waals surface area contributed by atoms with Crippen molar-refractivity contribution in [3.8, 4) is 0 Å². The van der Waals surface area contributed by atoms with E-state index in [1.165, 1.54) is 44.9 Å². The predicted molar refractivity (Wildman–Crippen MR) is 234 cm³/mol. The van der Waals surface area contributed by atoms with E-state index in [1.807, 2.05) is 0 Å². The average Bonchev–Trinajstić information content (AvgIpc) is 3.19. The third kappa shape index (κ3) is 43.7. The van der Waals surface area contributed by atoms with Gasteiger partial charge in [0.15, 0.2) is 6.10 Å². The number of carbonyl (C=O) groups is 2. The Labute approximate surface area is 355 Å². The Hall–Kier alpha value is -2.18. The van der Waals surface area contributed by atoms with Crippen LogP contribution in [-0.4, -0.2) is 70.4 Å². The molecule has 0 aliphatic carbocycles. The zero-order chi connectivity index (χ0) is 43.7. The number of unbranched alkanes of at least 4 members (excludes halogenated alkanes) is 15. The molecule has 3 atom stereocenters. The summed E-state index contributed by atoms with van der Waals surface area (Å²) in [6, 6.07) is 0. The molecule has 0 rings (SSSR count). The van der Waals surface area contributed by atoms with E-state index in [9.17, 15) is 28.7 Å². The van der Waals surface area contributed by atoms with Crippen LogP contribution in [0.5, 0.6) is 0 Å². The number of hydrogen-bond donors (Lipinski definition) is 4. The lowest BCUT2D eigenvalue weighted by Gasteiger charge is -2.20. The quantitative estimate of drug-likeness (QED) is 0.0196. The maximum atomic E-state index is 12.7. The summed E-state index contributed by atoms with van der Waals surface area (Å²) in [5, 5.41) is 9.74. The Bertz CT molecular complexity index is 1280. The Morgan fingerprint density at radius 1 is 0.492 bits per heavy atom. The number of phosphoric acid groups is 2. The van der Waals surface area contributed by atoms with Crippen molar-refractivity contribution >= 4 is 27.6 Å². The largest absolute Gasteiger partial charge is 0.472 e. The fraction of sp³-hybridized carbons (Fsp3) is 0.727. The Morgan fingerprint density at radius 3 is 1.42 bits per heavy atom. The normalized spacial score (nSPS) is 14.6. The van der Waals surface area contributed by atoms with Gasteiger partial charge in [-0.05, 0) is 83.5 Å². The molecule has 0 bridgehead atoms. The minimum atomic E-state index is -4.87. The van der Waals surface area contributed by atoms with E-state index in [1.54, 1.807) is 0 Å². The maximum absolute atomic E-state index is 12.7. The highest BCUT2D eigenvalue weighted by Gasteiger charge is 2.28. The molecular formula is C44H78O13P2. The lowest BCUT2D eigenvalue weighted by molar-refractivity contribution is -0.161. The molecule has 0 spiro atoms. The highest BCUT2D eigenvalue weighted by atomic mass is 31.2. The van der Waals surface area contributed by atoms with E-state index in [0.717, 1.165) is 83.5 Å². The van der Waals surface area contributed by atoms with Gasteiger partial charge in [0.1, 0.15) is 12.7 Å². The molecule has 0 radical (unpaired) electrons. The molecule has 0 saturated heterocycles. The van der Waals surface area contributed by atoms with Crippen molar-refractivity contribution in [1.29, 1.82) is 0 Å². The third-order valence-corrected chi connectivity index (χ3v) is 10.3. The van der Waals surface area contributed by atoms with E-state index in [-0.39, 0.29) is 12.8 Å². The van der Waals surface area contributed by atoms with Gasteiger partial charge in [-0.2, -0.15) is 0 Å². The average molecular weight is 877 g/mol. The Kier molecular flexibility index (Phi) is 38.5. The number of esters is 2. The minimum absolute atomic E-state index is 0.0901. The van der Waals surface area contributed by atoms with E-state index >= 15 is 0 Å². The molecule has 0 amide bonds. The maximum Gasteiger partial charge on any atom is 0.472 e. The Morgan fingerprint density at radius 2 is 0.881 bits per heavy atom. The second-order valence-corrected chi connectivity index (χ2v) is 17.3. The van der Waals surface area contributed by atoms with Gasteiger partial charge < -0.3 is 29.3 Å². The monoisotopic (exact) mass is 876 g/mol. The van der Waals surface area contributed by atoms with Crippen LogP contribution in [0.25, 0.3) is 0 Å². The number of allylic oxidation sites excluding steroid dienone is 10. The van der Waals surface area contributed by atoms with E-state index in [0.29, 0.717) is 12.8 Å². The SMILES string of the molecule is CCCCC/C=C\C/C=C\C/C=C\C/C=C\CCCCCC(=O)O[C@H](COC(=O)CCCCCCC/C=C\CCCCCC)COP(=O)(O)OC[C@@H](O)COP(=O)(O)O. The van der Waals surface area contributed by atoms with Gasteiger partial charge in [0, 0.05) is 12.8 Å². The van der Waals surface area contributed by atoms with Crippen molar-refractivity contribution in [1.82, 2.24) is 0 Å². The smallest absolute Gasteiger partial charge is 0.462 e. The third-order valence-electron chi connectivity index (χ3n) is 8.87. The standard InChI is InChI=1S/C44H78O13P2/c1-3-5-7-9-11-13-15-17-18-19-20-21-22-24-26-28-30-32-34-36-44(47)57-42(40-56-59(51,52)55-38-41(45)37-54-58(48,49)50)39-53-43(46)35-33-31-29-27-25-23-16-14-12-10-8-6-4-2/h11,13-14,16-18,20-21,24,26,41-42,45H,3-10,12,15,19,22-23,25,27-40H2,1-2H3,(H,51,52)(H2,48,49,50)/b13-11-,16-14-,18-17-,21-20-,26-24-/t41-,42+/m0/s1. The zero-order valence-electron chi connectivity index (χ0n) is 36.1. The molecule has 13 nitrogen and oxygen atoms in total. The first kappa shape index (κ1) is 56.8. The van der Waals surface area contributed by atoms with Crippen LogP contribution in [0.4, 0.5) is 0 Å². The van der Waals surface area contributed by atoms with Gasteiger partial charge in [0.05, 0.1) is 19.8 Å². The first-order valence-corrected chi connectivity index (χ1v) is 25.0. The first-order chi connectivity index (χ1) is 28.4. The van der Waals surface area contributed by atoms with Crippen LogP contribution in [0.15, 0.2) is 60.8 Å². The predicted octanol–water partition coefficient (Wildman–Crippen LogP) is 11.2. The van der Waals surface area contributed by atoms with Crippen LogP contribution >= 0.6 is 15.6 Å². The summed E-state index contributed by atoms with van der Waals surface area (Å²) in [6.07, 6.45) is 42.1. The Balaban J connectivity index is 4.60. The molecule has 0 saturated carbocycles. The lowest BCUT2D eigenvalue weighted by Crippen LogP contribution is -2.30. The van der Waals surface area contributed by atoms with Crippen molar-refractivity contribution < 1.29 is 61.6 Å². The molecule has 0 heterocycles. The van der Waals surface area contributed by atoms with Crippen molar-refractivity contribution in [2.75, 3.05) is 26.4 Å². The summed E-state index contributed by atoms with van der Waals surface area (Å²) in [7, 11) is -9.69. The summed E-state index contributed by atoms with van der Waals surface area (Å²) < 4.78 is 47.7. The lowest BCUT2D eigenvalue weighted by atomic mass is 10.1. The van der Waals surface area contributed by atoms with Crippen LogP contribution in [0.1, 0.15) is 168 Å².